The molecule has 3 rings (SSSR count). The largest absolute Gasteiger partial charge is 0.539 e. The maximum Gasteiger partial charge on any atom is 0.351 e. The molecule has 1 heterocycles. The fourth-order valence-corrected chi connectivity index (χ4v) is 5.03. The van der Waals surface area contributed by atoms with Gasteiger partial charge in [-0.3, -0.25) is 0 Å². The number of rotatable bonds is 5. The standard InChI is InChI=1S/C25H37N3O.C2H2O4/c1-8-25(29)17(2)23(19-9-13-21(14-10-19)27(4)5)26-24(18(25)3)20-11-15-22(16-12-20)28(6)7;3-1(4)2(5)6/h9-18,23-24,26,29H,8H2,1-7H3;(H,3,4)(H,5,6). The van der Waals surface area contributed by atoms with E-state index in [0.29, 0.717) is 0 Å². The van der Waals surface area contributed by atoms with Gasteiger partial charge in [-0.1, -0.05) is 45.0 Å². The molecular weight excluding hydrogens is 446 g/mol. The summed E-state index contributed by atoms with van der Waals surface area (Å²) in [6, 6.07) is 18.1. The predicted octanol–water partition coefficient (Wildman–Crippen LogP) is 1.41. The molecule has 1 fully saturated rings. The van der Waals surface area contributed by atoms with E-state index in [9.17, 15) is 5.11 Å². The highest BCUT2D eigenvalue weighted by atomic mass is 16.4. The fourth-order valence-electron chi connectivity index (χ4n) is 5.03. The molecule has 4 N–H and O–H groups in total. The van der Waals surface area contributed by atoms with Gasteiger partial charge in [-0.05, 0) is 30.7 Å². The molecule has 0 radical (unpaired) electrons. The number of carbonyl (C=O) groups is 2. The molecule has 8 heteroatoms. The summed E-state index contributed by atoms with van der Waals surface area (Å²) in [5.74, 6) is -3.67. The van der Waals surface area contributed by atoms with Crippen LogP contribution in [0.5, 0.6) is 0 Å². The van der Waals surface area contributed by atoms with Crippen LogP contribution < -0.4 is 20.2 Å². The summed E-state index contributed by atoms with van der Waals surface area (Å²) in [5.41, 5.74) is 4.29. The first-order valence-corrected chi connectivity index (χ1v) is 11.9. The van der Waals surface area contributed by atoms with E-state index in [1.54, 1.807) is 0 Å². The van der Waals surface area contributed by atoms with Gasteiger partial charge in [0.25, 0.3) is 0 Å². The number of carbonyl (C=O) groups excluding carboxylic acids is 1. The Morgan fingerprint density at radius 3 is 1.40 bits per heavy atom. The topological polar surface area (TPSA) is 121 Å². The summed E-state index contributed by atoms with van der Waals surface area (Å²) in [6.07, 6.45) is 0.766. The highest BCUT2D eigenvalue weighted by Crippen LogP contribution is 2.44. The molecule has 4 unspecified atom stereocenters. The highest BCUT2D eigenvalue weighted by molar-refractivity contribution is 6.26. The minimum atomic E-state index is -2.07. The number of carboxylic acids is 2. The molecule has 0 aromatic heterocycles. The number of nitrogens with zero attached hydrogens (tertiary/aromatic N) is 2. The van der Waals surface area contributed by atoms with E-state index in [0.717, 1.165) is 6.42 Å². The number of carboxylic acid groups (broad SMARTS) is 2. The van der Waals surface area contributed by atoms with Crippen molar-refractivity contribution in [3.05, 3.63) is 59.7 Å². The van der Waals surface area contributed by atoms with Crippen LogP contribution in [0, 0.1) is 11.8 Å². The Kier molecular flexibility index (Phi) is 9.29. The van der Waals surface area contributed by atoms with Crippen molar-refractivity contribution in [1.82, 2.24) is 0 Å². The molecule has 35 heavy (non-hydrogen) atoms. The first kappa shape index (κ1) is 28.1. The molecule has 0 aliphatic carbocycles. The summed E-state index contributed by atoms with van der Waals surface area (Å²) >= 11 is 0. The molecule has 0 bridgehead atoms. The number of aliphatic carboxylic acids is 2. The van der Waals surface area contributed by atoms with Crippen LogP contribution in [0.2, 0.25) is 0 Å². The Morgan fingerprint density at radius 1 is 0.857 bits per heavy atom. The zero-order valence-electron chi connectivity index (χ0n) is 21.7. The molecule has 192 valence electrons. The third kappa shape index (κ3) is 6.32. The Labute approximate surface area is 208 Å². The van der Waals surface area contributed by atoms with E-state index in [4.69, 9.17) is 19.8 Å². The van der Waals surface area contributed by atoms with Crippen LogP contribution in [0.4, 0.5) is 11.4 Å². The lowest BCUT2D eigenvalue weighted by molar-refractivity contribution is -0.764. The highest BCUT2D eigenvalue weighted by Gasteiger charge is 2.53. The SMILES string of the molecule is CCC1(O)C(C)C(c2ccc(N(C)C)cc2)[NH2+]C(c2ccc(N(C)C)cc2)C1C.O=C([O-])C(=O)O. The summed E-state index contributed by atoms with van der Waals surface area (Å²) in [7, 11) is 8.26. The number of hydrogen-bond acceptors (Lipinski definition) is 6. The van der Waals surface area contributed by atoms with Gasteiger partial charge < -0.3 is 35.2 Å². The van der Waals surface area contributed by atoms with Crippen molar-refractivity contribution in [2.45, 2.75) is 44.9 Å². The van der Waals surface area contributed by atoms with Crippen LogP contribution in [0.3, 0.4) is 0 Å². The predicted molar refractivity (Wildman–Crippen MR) is 135 cm³/mol. The molecular formula is C27H39N3O5. The van der Waals surface area contributed by atoms with E-state index >= 15 is 0 Å². The van der Waals surface area contributed by atoms with Crippen molar-refractivity contribution in [2.24, 2.45) is 11.8 Å². The first-order chi connectivity index (χ1) is 16.3. The maximum atomic E-state index is 11.7. The van der Waals surface area contributed by atoms with Crippen molar-refractivity contribution in [3.63, 3.8) is 0 Å². The van der Waals surface area contributed by atoms with Crippen LogP contribution in [0.15, 0.2) is 48.5 Å². The second-order valence-corrected chi connectivity index (χ2v) is 9.73. The Balaban J connectivity index is 0.000000641. The van der Waals surface area contributed by atoms with Crippen LogP contribution in [0.1, 0.15) is 50.4 Å². The Bertz CT molecular complexity index is 913. The molecule has 0 saturated carbocycles. The van der Waals surface area contributed by atoms with Gasteiger partial charge in [-0.2, -0.15) is 0 Å². The average molecular weight is 486 g/mol. The Morgan fingerprint density at radius 2 is 1.17 bits per heavy atom. The van der Waals surface area contributed by atoms with Crippen molar-refractivity contribution >= 4 is 23.3 Å². The lowest BCUT2D eigenvalue weighted by Crippen LogP contribution is -2.93. The van der Waals surface area contributed by atoms with Crippen LogP contribution in [-0.4, -0.2) is 55.9 Å². The number of benzene rings is 2. The summed E-state index contributed by atoms with van der Waals surface area (Å²) < 4.78 is 0. The average Bonchev–Trinajstić information content (AvgIpc) is 2.83. The molecule has 0 spiro atoms. The molecule has 8 nitrogen and oxygen atoms in total. The second kappa shape index (κ2) is 11.6. The van der Waals surface area contributed by atoms with Gasteiger partial charge in [0.05, 0.1) is 5.60 Å². The third-order valence-corrected chi connectivity index (χ3v) is 7.40. The molecule has 2 aromatic rings. The van der Waals surface area contributed by atoms with Crippen molar-refractivity contribution in [1.29, 1.82) is 0 Å². The second-order valence-electron chi connectivity index (χ2n) is 9.73. The summed E-state index contributed by atoms with van der Waals surface area (Å²) in [6.45, 7) is 6.55. The number of piperidine rings is 1. The zero-order valence-corrected chi connectivity index (χ0v) is 21.7. The fraction of sp³-hybridized carbons (Fsp3) is 0.481. The van der Waals surface area contributed by atoms with E-state index in [-0.39, 0.29) is 23.9 Å². The van der Waals surface area contributed by atoms with Gasteiger partial charge in [-0.15, -0.1) is 0 Å². The number of quaternary nitrogens is 1. The van der Waals surface area contributed by atoms with Gasteiger partial charge in [0.1, 0.15) is 12.1 Å². The van der Waals surface area contributed by atoms with Crippen molar-refractivity contribution in [3.8, 4) is 0 Å². The van der Waals surface area contributed by atoms with Crippen LogP contribution in [0.25, 0.3) is 0 Å². The molecule has 1 aliphatic rings. The van der Waals surface area contributed by atoms with Gasteiger partial charge in [0, 0.05) is 62.5 Å². The minimum Gasteiger partial charge on any atom is -0.539 e. The van der Waals surface area contributed by atoms with Crippen LogP contribution in [-0.2, 0) is 9.59 Å². The van der Waals surface area contributed by atoms with Gasteiger partial charge in [0.15, 0.2) is 5.97 Å². The molecule has 1 aliphatic heterocycles. The van der Waals surface area contributed by atoms with Gasteiger partial charge in [-0.25, -0.2) is 4.79 Å². The maximum absolute atomic E-state index is 11.7. The number of anilines is 2. The lowest BCUT2D eigenvalue weighted by atomic mass is 9.65. The molecule has 0 amide bonds. The number of nitrogens with two attached hydrogens (primary N) is 1. The molecule has 2 aromatic carbocycles. The van der Waals surface area contributed by atoms with Gasteiger partial charge >= 0.3 is 5.97 Å². The van der Waals surface area contributed by atoms with E-state index < -0.39 is 17.5 Å². The first-order valence-electron chi connectivity index (χ1n) is 11.9. The minimum absolute atomic E-state index is 0.171. The zero-order chi connectivity index (χ0) is 26.5. The van der Waals surface area contributed by atoms with Gasteiger partial charge in [0.2, 0.25) is 0 Å². The van der Waals surface area contributed by atoms with Crippen LogP contribution >= 0.6 is 0 Å². The van der Waals surface area contributed by atoms with E-state index in [1.165, 1.54) is 22.5 Å². The van der Waals surface area contributed by atoms with Crippen molar-refractivity contribution < 1.29 is 30.2 Å². The smallest absolute Gasteiger partial charge is 0.351 e. The number of aliphatic hydroxyl groups is 1. The Hall–Kier alpha value is -3.10. The third-order valence-electron chi connectivity index (χ3n) is 7.40. The molecule has 4 atom stereocenters. The monoisotopic (exact) mass is 485 g/mol. The summed E-state index contributed by atoms with van der Waals surface area (Å²) in [5, 5.41) is 30.5. The molecule has 1 saturated heterocycles. The quantitative estimate of drug-likeness (QED) is 0.548. The summed E-state index contributed by atoms with van der Waals surface area (Å²) in [4.78, 5) is 22.3. The normalized spacial score (nSPS) is 25.7. The number of hydrogen-bond donors (Lipinski definition) is 3. The van der Waals surface area contributed by atoms with E-state index in [1.807, 2.05) is 0 Å². The van der Waals surface area contributed by atoms with Crippen molar-refractivity contribution in [2.75, 3.05) is 38.0 Å². The lowest BCUT2D eigenvalue weighted by Gasteiger charge is -2.49. The van der Waals surface area contributed by atoms with E-state index in [2.05, 4.69) is 113 Å².